The Balaban J connectivity index is 2.11. The zero-order valence-electron chi connectivity index (χ0n) is 17.2. The monoisotopic (exact) mass is 412 g/mol. The average Bonchev–Trinajstić information content (AvgIpc) is 2.70. The summed E-state index contributed by atoms with van der Waals surface area (Å²) in [4.78, 5) is 14.9. The van der Waals surface area contributed by atoms with Gasteiger partial charge in [-0.05, 0) is 45.2 Å². The van der Waals surface area contributed by atoms with Crippen LogP contribution in [0.4, 0.5) is 0 Å². The van der Waals surface area contributed by atoms with Crippen molar-refractivity contribution in [1.29, 1.82) is 0 Å². The Hall–Kier alpha value is -2.60. The summed E-state index contributed by atoms with van der Waals surface area (Å²) in [7, 11) is -3.88. The molecule has 0 spiro atoms. The molecule has 0 aromatic heterocycles. The van der Waals surface area contributed by atoms with E-state index in [4.69, 9.17) is 0 Å². The minimum absolute atomic E-state index is 0.122. The van der Waals surface area contributed by atoms with Gasteiger partial charge in [-0.2, -0.15) is 0 Å². The number of allylic oxidation sites excluding steroid dienone is 1. The average molecular weight is 413 g/mol. The van der Waals surface area contributed by atoms with Gasteiger partial charge in [-0.15, -0.1) is 0 Å². The van der Waals surface area contributed by atoms with Gasteiger partial charge in [-0.25, -0.2) is 8.42 Å². The van der Waals surface area contributed by atoms with Gasteiger partial charge in [0, 0.05) is 25.6 Å². The number of rotatable bonds is 6. The van der Waals surface area contributed by atoms with Gasteiger partial charge in [-0.3, -0.25) is 9.52 Å². The molecule has 6 heteroatoms. The first kappa shape index (κ1) is 21.1. The van der Waals surface area contributed by atoms with Crippen molar-refractivity contribution in [3.8, 4) is 0 Å². The van der Waals surface area contributed by atoms with Gasteiger partial charge >= 0.3 is 0 Å². The topological polar surface area (TPSA) is 66.5 Å². The van der Waals surface area contributed by atoms with Crippen LogP contribution in [0, 0.1) is 13.8 Å². The number of ketones is 1. The van der Waals surface area contributed by atoms with Crippen molar-refractivity contribution < 1.29 is 13.2 Å². The zero-order chi connectivity index (χ0) is 21.0. The number of likely N-dealkylation sites (tertiary alicyclic amines) is 1. The first-order valence-electron chi connectivity index (χ1n) is 9.94. The van der Waals surface area contributed by atoms with E-state index in [0.717, 1.165) is 49.0 Å². The fourth-order valence-electron chi connectivity index (χ4n) is 3.51. The van der Waals surface area contributed by atoms with Gasteiger partial charge in [0.1, 0.15) is 5.70 Å². The lowest BCUT2D eigenvalue weighted by atomic mass is 10.0. The van der Waals surface area contributed by atoms with Crippen LogP contribution in [0.5, 0.6) is 0 Å². The normalized spacial score (nSPS) is 15.6. The maximum Gasteiger partial charge on any atom is 0.262 e. The Morgan fingerprint density at radius 3 is 1.90 bits per heavy atom. The molecule has 29 heavy (non-hydrogen) atoms. The van der Waals surface area contributed by atoms with E-state index < -0.39 is 10.0 Å². The fraction of sp³-hybridized carbons (Fsp3) is 0.348. The van der Waals surface area contributed by atoms with Crippen LogP contribution in [0.15, 0.2) is 59.1 Å². The minimum Gasteiger partial charge on any atom is -0.369 e. The molecule has 0 unspecified atom stereocenters. The molecule has 1 aliphatic rings. The Morgan fingerprint density at radius 1 is 0.862 bits per heavy atom. The molecule has 3 rings (SSSR count). The summed E-state index contributed by atoms with van der Waals surface area (Å²) >= 11 is 0. The second-order valence-electron chi connectivity index (χ2n) is 7.61. The number of sulfonamides is 1. The Kier molecular flexibility index (Phi) is 6.42. The van der Waals surface area contributed by atoms with Crippen molar-refractivity contribution in [3.63, 3.8) is 0 Å². The third-order valence-electron chi connectivity index (χ3n) is 5.15. The van der Waals surface area contributed by atoms with E-state index in [9.17, 15) is 13.2 Å². The van der Waals surface area contributed by atoms with Gasteiger partial charge in [0.2, 0.25) is 0 Å². The first-order chi connectivity index (χ1) is 13.8. The highest BCUT2D eigenvalue weighted by Gasteiger charge is 2.26. The molecule has 0 aliphatic carbocycles. The number of hydrogen-bond acceptors (Lipinski definition) is 4. The van der Waals surface area contributed by atoms with E-state index in [1.807, 2.05) is 38.1 Å². The van der Waals surface area contributed by atoms with Crippen LogP contribution in [-0.4, -0.2) is 32.2 Å². The Labute approximate surface area is 173 Å². The molecule has 2 aromatic carbocycles. The summed E-state index contributed by atoms with van der Waals surface area (Å²) in [6, 6.07) is 14.5. The van der Waals surface area contributed by atoms with Crippen LogP contribution in [0.3, 0.4) is 0 Å². The van der Waals surface area contributed by atoms with Gasteiger partial charge in [0.25, 0.3) is 10.0 Å². The van der Waals surface area contributed by atoms with Crippen LogP contribution in [0.25, 0.3) is 5.70 Å². The molecule has 0 radical (unpaired) electrons. The molecule has 1 saturated heterocycles. The molecular formula is C23H28N2O3S. The highest BCUT2D eigenvalue weighted by Crippen LogP contribution is 2.27. The molecule has 0 bridgehead atoms. The number of benzene rings is 2. The van der Waals surface area contributed by atoms with Crippen molar-refractivity contribution in [3.05, 3.63) is 70.9 Å². The SMILES string of the molecule is CC(=O)/C(NS(=O)(=O)c1ccc(C)cc1)=C(\c1ccc(C)cc1)N1CCCCC1. The maximum absolute atomic E-state index is 13.0. The number of nitrogens with zero attached hydrogens (tertiary/aromatic N) is 1. The molecule has 5 nitrogen and oxygen atoms in total. The highest BCUT2D eigenvalue weighted by molar-refractivity contribution is 7.89. The lowest BCUT2D eigenvalue weighted by molar-refractivity contribution is -0.113. The summed E-state index contributed by atoms with van der Waals surface area (Å²) in [6.45, 7) is 6.90. The standard InChI is InChI=1S/C23H28N2O3S/c1-17-7-11-20(12-8-17)23(25-15-5-4-6-16-25)22(19(3)26)24-29(27,28)21-13-9-18(2)10-14-21/h7-14,24H,4-6,15-16H2,1-3H3/b23-22-. The predicted octanol–water partition coefficient (Wildman–Crippen LogP) is 4.03. The molecule has 1 heterocycles. The van der Waals surface area contributed by atoms with E-state index in [2.05, 4.69) is 9.62 Å². The summed E-state index contributed by atoms with van der Waals surface area (Å²) in [6.07, 6.45) is 3.18. The largest absolute Gasteiger partial charge is 0.369 e. The highest BCUT2D eigenvalue weighted by atomic mass is 32.2. The molecule has 0 saturated carbocycles. The molecule has 0 amide bonds. The minimum atomic E-state index is -3.88. The van der Waals surface area contributed by atoms with Crippen LogP contribution in [0.1, 0.15) is 42.9 Å². The molecule has 2 aromatic rings. The van der Waals surface area contributed by atoms with E-state index in [1.165, 1.54) is 6.92 Å². The summed E-state index contributed by atoms with van der Waals surface area (Å²) in [5, 5.41) is 0. The fourth-order valence-corrected chi connectivity index (χ4v) is 4.63. The van der Waals surface area contributed by atoms with Crippen molar-refractivity contribution in [2.24, 2.45) is 0 Å². The lowest BCUT2D eigenvalue weighted by Gasteiger charge is -2.33. The summed E-state index contributed by atoms with van der Waals surface area (Å²) in [5.74, 6) is -0.304. The third-order valence-corrected chi connectivity index (χ3v) is 6.52. The van der Waals surface area contributed by atoms with Crippen molar-refractivity contribution >= 4 is 21.5 Å². The smallest absolute Gasteiger partial charge is 0.262 e. The Morgan fingerprint density at radius 2 is 1.38 bits per heavy atom. The quantitative estimate of drug-likeness (QED) is 0.728. The van der Waals surface area contributed by atoms with Crippen molar-refractivity contribution in [2.75, 3.05) is 13.1 Å². The number of carbonyl (C=O) groups excluding carboxylic acids is 1. The number of piperidine rings is 1. The maximum atomic E-state index is 13.0. The van der Waals surface area contributed by atoms with Crippen LogP contribution in [0.2, 0.25) is 0 Å². The molecule has 1 aliphatic heterocycles. The van der Waals surface area contributed by atoms with E-state index in [-0.39, 0.29) is 16.4 Å². The second kappa shape index (κ2) is 8.82. The summed E-state index contributed by atoms with van der Waals surface area (Å²) < 4.78 is 28.6. The van der Waals surface area contributed by atoms with E-state index in [1.54, 1.807) is 24.3 Å². The number of carbonyl (C=O) groups is 1. The molecule has 154 valence electrons. The molecule has 1 fully saturated rings. The van der Waals surface area contributed by atoms with Gasteiger partial charge in [-0.1, -0.05) is 47.5 Å². The summed E-state index contributed by atoms with van der Waals surface area (Å²) in [5.41, 5.74) is 3.70. The predicted molar refractivity (Wildman–Crippen MR) is 116 cm³/mol. The number of hydrogen-bond donors (Lipinski definition) is 1. The Bertz CT molecular complexity index is 1000. The number of nitrogens with one attached hydrogen (secondary N) is 1. The lowest BCUT2D eigenvalue weighted by Crippen LogP contribution is -2.35. The number of Topliss-reactive ketones (excluding diaryl/α,β-unsaturated/α-hetero) is 1. The van der Waals surface area contributed by atoms with Crippen molar-refractivity contribution in [2.45, 2.75) is 44.9 Å². The van der Waals surface area contributed by atoms with Gasteiger partial charge in [0.15, 0.2) is 5.78 Å². The number of aryl methyl sites for hydroxylation is 2. The van der Waals surface area contributed by atoms with Crippen LogP contribution >= 0.6 is 0 Å². The zero-order valence-corrected chi connectivity index (χ0v) is 18.1. The third kappa shape index (κ3) is 5.07. The molecular weight excluding hydrogens is 384 g/mol. The van der Waals surface area contributed by atoms with E-state index >= 15 is 0 Å². The van der Waals surface area contributed by atoms with E-state index in [0.29, 0.717) is 5.70 Å². The first-order valence-corrected chi connectivity index (χ1v) is 11.4. The molecule has 0 atom stereocenters. The van der Waals surface area contributed by atoms with Crippen molar-refractivity contribution in [1.82, 2.24) is 9.62 Å². The van der Waals surface area contributed by atoms with Crippen LogP contribution < -0.4 is 4.72 Å². The van der Waals surface area contributed by atoms with Gasteiger partial charge < -0.3 is 4.90 Å². The molecule has 1 N–H and O–H groups in total. The van der Waals surface area contributed by atoms with Crippen LogP contribution in [-0.2, 0) is 14.8 Å². The second-order valence-corrected chi connectivity index (χ2v) is 9.29. The van der Waals surface area contributed by atoms with Gasteiger partial charge in [0.05, 0.1) is 10.6 Å².